The molecule has 4 rings (SSSR count). The Labute approximate surface area is 214 Å². The Hall–Kier alpha value is -4.79. The first-order chi connectivity index (χ1) is 17.8. The smallest absolute Gasteiger partial charge is 0.308 e. The van der Waals surface area contributed by atoms with Crippen molar-refractivity contribution >= 4 is 18.1 Å². The summed E-state index contributed by atoms with van der Waals surface area (Å²) in [4.78, 5) is 23.5. The number of aryl methyl sites for hydroxylation is 2. The lowest BCUT2D eigenvalue weighted by molar-refractivity contribution is -0.132. The minimum atomic E-state index is -0.507. The van der Waals surface area contributed by atoms with Crippen LogP contribution in [0.4, 0.5) is 0 Å². The minimum absolute atomic E-state index is 0.104. The van der Waals surface area contributed by atoms with E-state index in [4.69, 9.17) is 18.6 Å². The average molecular weight is 502 g/mol. The predicted molar refractivity (Wildman–Crippen MR) is 138 cm³/mol. The van der Waals surface area contributed by atoms with Crippen molar-refractivity contribution in [2.75, 3.05) is 7.11 Å². The van der Waals surface area contributed by atoms with Crippen LogP contribution in [0.3, 0.4) is 0 Å². The molecule has 2 heterocycles. The summed E-state index contributed by atoms with van der Waals surface area (Å²) in [6.07, 6.45) is 1.44. The summed E-state index contributed by atoms with van der Waals surface area (Å²) in [7, 11) is 1.46. The second-order valence-electron chi connectivity index (χ2n) is 8.20. The number of carbonyl (C=O) groups excluding carboxylic acids is 2. The van der Waals surface area contributed by atoms with Gasteiger partial charge in [-0.3, -0.25) is 9.59 Å². The number of rotatable bonds is 9. The first-order valence-electron chi connectivity index (χ1n) is 11.5. The maximum atomic E-state index is 12.4. The van der Waals surface area contributed by atoms with Crippen LogP contribution in [0.1, 0.15) is 40.2 Å². The van der Waals surface area contributed by atoms with E-state index in [9.17, 15) is 9.59 Å². The monoisotopic (exact) mass is 501 g/mol. The lowest BCUT2D eigenvalue weighted by atomic mass is 10.2. The van der Waals surface area contributed by atoms with Gasteiger partial charge < -0.3 is 23.2 Å². The van der Waals surface area contributed by atoms with Crippen LogP contribution in [0.15, 0.2) is 76.2 Å². The van der Waals surface area contributed by atoms with Crippen LogP contribution < -0.4 is 19.6 Å². The number of hydrazone groups is 1. The van der Waals surface area contributed by atoms with Crippen LogP contribution in [-0.4, -0.2) is 29.8 Å². The SMILES string of the molecule is COc1cc(/C=N/NC(=O)c2ccc(COc3ccc(-n4c(C)ccc4C)cc3)o2)ccc1OC(C)=O. The summed E-state index contributed by atoms with van der Waals surface area (Å²) >= 11 is 0. The third-order valence-corrected chi connectivity index (χ3v) is 5.45. The molecule has 0 saturated heterocycles. The number of hydrogen-bond donors (Lipinski definition) is 1. The van der Waals surface area contributed by atoms with E-state index >= 15 is 0 Å². The number of amides is 1. The number of hydrogen-bond acceptors (Lipinski definition) is 7. The third kappa shape index (κ3) is 6.26. The number of nitrogens with one attached hydrogen (secondary N) is 1. The van der Waals surface area contributed by atoms with Gasteiger partial charge in [-0.1, -0.05) is 0 Å². The van der Waals surface area contributed by atoms with Crippen molar-refractivity contribution in [3.63, 3.8) is 0 Å². The van der Waals surface area contributed by atoms with E-state index in [2.05, 4.69) is 41.1 Å². The Kier molecular flexibility index (Phi) is 7.73. The van der Waals surface area contributed by atoms with E-state index in [1.54, 1.807) is 30.3 Å². The molecule has 0 aliphatic heterocycles. The van der Waals surface area contributed by atoms with Crippen molar-refractivity contribution in [2.45, 2.75) is 27.4 Å². The highest BCUT2D eigenvalue weighted by atomic mass is 16.6. The molecule has 9 nitrogen and oxygen atoms in total. The normalized spacial score (nSPS) is 10.9. The minimum Gasteiger partial charge on any atom is -0.493 e. The fraction of sp³-hybridized carbons (Fsp3) is 0.179. The number of furan rings is 1. The summed E-state index contributed by atoms with van der Waals surface area (Å²) in [6.45, 7) is 5.61. The molecule has 0 radical (unpaired) electrons. The van der Waals surface area contributed by atoms with Gasteiger partial charge in [0.15, 0.2) is 17.3 Å². The molecule has 9 heteroatoms. The predicted octanol–water partition coefficient (Wildman–Crippen LogP) is 4.96. The molecule has 4 aromatic rings. The van der Waals surface area contributed by atoms with Gasteiger partial charge in [0.25, 0.3) is 0 Å². The van der Waals surface area contributed by atoms with Crippen LogP contribution >= 0.6 is 0 Å². The average Bonchev–Trinajstić information content (AvgIpc) is 3.49. The molecule has 2 aromatic carbocycles. The van der Waals surface area contributed by atoms with E-state index in [1.807, 2.05) is 24.3 Å². The van der Waals surface area contributed by atoms with Crippen molar-refractivity contribution in [1.82, 2.24) is 9.99 Å². The maximum absolute atomic E-state index is 12.4. The highest BCUT2D eigenvalue weighted by molar-refractivity contribution is 5.92. The van der Waals surface area contributed by atoms with Gasteiger partial charge in [-0.15, -0.1) is 0 Å². The fourth-order valence-electron chi connectivity index (χ4n) is 3.72. The molecule has 0 unspecified atom stereocenters. The van der Waals surface area contributed by atoms with Gasteiger partial charge in [0.1, 0.15) is 18.1 Å². The summed E-state index contributed by atoms with van der Waals surface area (Å²) in [5.41, 5.74) is 6.43. The first-order valence-corrected chi connectivity index (χ1v) is 11.5. The van der Waals surface area contributed by atoms with E-state index in [0.717, 1.165) is 17.1 Å². The highest BCUT2D eigenvalue weighted by Crippen LogP contribution is 2.27. The molecule has 0 fully saturated rings. The number of esters is 1. The van der Waals surface area contributed by atoms with Crippen LogP contribution in [0.2, 0.25) is 0 Å². The number of nitrogens with zero attached hydrogens (tertiary/aromatic N) is 2. The molecule has 37 heavy (non-hydrogen) atoms. The lowest BCUT2D eigenvalue weighted by Crippen LogP contribution is -2.16. The zero-order chi connectivity index (χ0) is 26.4. The summed E-state index contributed by atoms with van der Waals surface area (Å²) < 4.78 is 23.8. The van der Waals surface area contributed by atoms with Gasteiger partial charge in [-0.2, -0.15) is 5.10 Å². The fourth-order valence-corrected chi connectivity index (χ4v) is 3.72. The number of ether oxygens (including phenoxy) is 3. The summed E-state index contributed by atoms with van der Waals surface area (Å²) in [6, 6.07) is 20.1. The highest BCUT2D eigenvalue weighted by Gasteiger charge is 2.12. The largest absolute Gasteiger partial charge is 0.493 e. The Morgan fingerprint density at radius 2 is 1.70 bits per heavy atom. The molecule has 1 N–H and O–H groups in total. The molecule has 0 bridgehead atoms. The zero-order valence-electron chi connectivity index (χ0n) is 21.0. The molecular weight excluding hydrogens is 474 g/mol. The van der Waals surface area contributed by atoms with Gasteiger partial charge >= 0.3 is 11.9 Å². The summed E-state index contributed by atoms with van der Waals surface area (Å²) in [5, 5.41) is 3.95. The number of aromatic nitrogens is 1. The Morgan fingerprint density at radius 1 is 0.973 bits per heavy atom. The second-order valence-corrected chi connectivity index (χ2v) is 8.20. The topological polar surface area (TPSA) is 104 Å². The quantitative estimate of drug-likeness (QED) is 0.150. The van der Waals surface area contributed by atoms with Gasteiger partial charge in [-0.25, -0.2) is 5.43 Å². The van der Waals surface area contributed by atoms with Gasteiger partial charge in [0, 0.05) is 24.0 Å². The van der Waals surface area contributed by atoms with Crippen molar-refractivity contribution in [3.05, 3.63) is 95.2 Å². The number of methoxy groups -OCH3 is 1. The molecule has 2 aromatic heterocycles. The molecule has 0 saturated carbocycles. The Morgan fingerprint density at radius 3 is 2.38 bits per heavy atom. The van der Waals surface area contributed by atoms with Gasteiger partial charge in [0.2, 0.25) is 0 Å². The van der Waals surface area contributed by atoms with Crippen LogP contribution in [0, 0.1) is 13.8 Å². The van der Waals surface area contributed by atoms with Crippen molar-refractivity contribution in [1.29, 1.82) is 0 Å². The van der Waals surface area contributed by atoms with E-state index in [0.29, 0.717) is 28.6 Å². The molecule has 0 aliphatic rings. The molecular formula is C28H27N3O6. The van der Waals surface area contributed by atoms with Crippen molar-refractivity contribution < 1.29 is 28.2 Å². The molecule has 190 valence electrons. The second kappa shape index (κ2) is 11.3. The first kappa shape index (κ1) is 25.3. The van der Waals surface area contributed by atoms with E-state index in [1.165, 1.54) is 20.2 Å². The third-order valence-electron chi connectivity index (χ3n) is 5.45. The maximum Gasteiger partial charge on any atom is 0.308 e. The lowest BCUT2D eigenvalue weighted by Gasteiger charge is -2.10. The van der Waals surface area contributed by atoms with E-state index < -0.39 is 11.9 Å². The summed E-state index contributed by atoms with van der Waals surface area (Å²) in [5.74, 6) is 0.995. The van der Waals surface area contributed by atoms with Crippen LogP contribution in [-0.2, 0) is 11.4 Å². The van der Waals surface area contributed by atoms with E-state index in [-0.39, 0.29) is 12.4 Å². The Balaban J connectivity index is 1.31. The molecule has 0 aliphatic carbocycles. The Bertz CT molecular complexity index is 1410. The molecule has 0 spiro atoms. The zero-order valence-corrected chi connectivity index (χ0v) is 21.0. The van der Waals surface area contributed by atoms with Gasteiger partial charge in [-0.05, 0) is 86.1 Å². The van der Waals surface area contributed by atoms with Gasteiger partial charge in [0.05, 0.1) is 13.3 Å². The van der Waals surface area contributed by atoms with Crippen LogP contribution in [0.5, 0.6) is 17.2 Å². The molecule has 1 amide bonds. The molecule has 0 atom stereocenters. The number of benzene rings is 2. The van der Waals surface area contributed by atoms with Crippen LogP contribution in [0.25, 0.3) is 5.69 Å². The standard InChI is InChI=1S/C28H27N3O6/c1-18-5-6-19(2)31(18)22-8-10-23(11-9-22)35-17-24-12-14-26(37-24)28(33)30-29-16-21-7-13-25(36-20(3)32)27(15-21)34-4/h5-16H,17H2,1-4H3,(H,30,33)/b29-16+. The van der Waals surface area contributed by atoms with Crippen molar-refractivity contribution in [3.8, 4) is 22.9 Å². The van der Waals surface area contributed by atoms with Crippen molar-refractivity contribution in [2.24, 2.45) is 5.10 Å². The number of carbonyl (C=O) groups is 2.